The third-order valence-electron chi connectivity index (χ3n) is 0.529. The molecule has 0 aliphatic carbocycles. The summed E-state index contributed by atoms with van der Waals surface area (Å²) in [7, 11) is 0. The summed E-state index contributed by atoms with van der Waals surface area (Å²) in [5.41, 5.74) is 0. The zero-order valence-corrected chi connectivity index (χ0v) is 10.5. The molecule has 0 radical (unpaired) electrons. The summed E-state index contributed by atoms with van der Waals surface area (Å²) < 4.78 is 0. The topological polar surface area (TPSA) is 25.8 Å². The molecule has 38 valence electrons. The van der Waals surface area contributed by atoms with E-state index >= 15 is 0 Å². The van der Waals surface area contributed by atoms with Gasteiger partial charge in [-0.15, -0.1) is 0 Å². The van der Waals surface area contributed by atoms with Crippen molar-refractivity contribution >= 4 is 11.6 Å². The Labute approximate surface area is 72.8 Å². The number of hydrogen-bond donors (Lipinski definition) is 0. The molecule has 1 heterocycles. The first-order valence-corrected chi connectivity index (χ1v) is 2.18. The standard InChI is InChI=1S/C4H3ClN2.Hg/c5-4-1-6-3-7-2-4;/h1-3H;. The van der Waals surface area contributed by atoms with E-state index in [-0.39, 0.29) is 27.7 Å². The monoisotopic (exact) mass is 316 g/mol. The second kappa shape index (κ2) is 4.21. The third kappa shape index (κ3) is 2.57. The van der Waals surface area contributed by atoms with E-state index in [9.17, 15) is 0 Å². The van der Waals surface area contributed by atoms with E-state index in [4.69, 9.17) is 11.6 Å². The van der Waals surface area contributed by atoms with Crippen molar-refractivity contribution in [2.45, 2.75) is 0 Å². The molecule has 0 amide bonds. The van der Waals surface area contributed by atoms with Crippen LogP contribution < -0.4 is 0 Å². The van der Waals surface area contributed by atoms with E-state index in [1.807, 2.05) is 0 Å². The zero-order valence-electron chi connectivity index (χ0n) is 4.21. The van der Waals surface area contributed by atoms with E-state index in [1.165, 1.54) is 18.7 Å². The van der Waals surface area contributed by atoms with Crippen molar-refractivity contribution in [1.82, 2.24) is 9.97 Å². The van der Waals surface area contributed by atoms with Crippen LogP contribution in [0.1, 0.15) is 0 Å². The first kappa shape index (κ1) is 8.31. The van der Waals surface area contributed by atoms with Crippen LogP contribution in [0.2, 0.25) is 5.02 Å². The van der Waals surface area contributed by atoms with Crippen LogP contribution in [-0.2, 0) is 27.7 Å². The Morgan fingerprint density at radius 1 is 1.25 bits per heavy atom. The van der Waals surface area contributed by atoms with Gasteiger partial charge in [-0.1, -0.05) is 11.6 Å². The number of nitrogens with zero attached hydrogens (tertiary/aromatic N) is 2. The molecule has 0 bridgehead atoms. The first-order chi connectivity index (χ1) is 3.39. The van der Waals surface area contributed by atoms with Crippen LogP contribution >= 0.6 is 11.6 Å². The fraction of sp³-hybridized carbons (Fsp3) is 0. The van der Waals surface area contributed by atoms with Crippen LogP contribution in [0.5, 0.6) is 0 Å². The van der Waals surface area contributed by atoms with Gasteiger partial charge in [0.2, 0.25) is 0 Å². The van der Waals surface area contributed by atoms with Gasteiger partial charge in [0, 0.05) is 40.1 Å². The third-order valence-corrected chi connectivity index (χ3v) is 0.724. The van der Waals surface area contributed by atoms with Crippen LogP contribution in [-0.4, -0.2) is 9.97 Å². The van der Waals surface area contributed by atoms with E-state index in [0.29, 0.717) is 5.02 Å². The molecule has 0 aromatic carbocycles. The maximum atomic E-state index is 5.41. The van der Waals surface area contributed by atoms with Crippen molar-refractivity contribution in [3.63, 3.8) is 0 Å². The summed E-state index contributed by atoms with van der Waals surface area (Å²) in [5, 5.41) is 0.572. The summed E-state index contributed by atoms with van der Waals surface area (Å²) in [6, 6.07) is 0. The van der Waals surface area contributed by atoms with Gasteiger partial charge in [0.25, 0.3) is 0 Å². The van der Waals surface area contributed by atoms with Gasteiger partial charge in [-0.25, -0.2) is 9.97 Å². The normalized spacial score (nSPS) is 7.62. The Morgan fingerprint density at radius 3 is 2.00 bits per heavy atom. The Kier molecular flexibility index (Phi) is 4.37. The first-order valence-electron chi connectivity index (χ1n) is 1.80. The SMILES string of the molecule is Clc1cncnc1.[Hg]. The molecule has 0 spiro atoms. The summed E-state index contributed by atoms with van der Waals surface area (Å²) in [6.45, 7) is 0. The molecule has 1 rings (SSSR count). The Hall–Kier alpha value is 0.305. The molecule has 4 heteroatoms. The number of aromatic nitrogens is 2. The van der Waals surface area contributed by atoms with Gasteiger partial charge in [0.1, 0.15) is 6.33 Å². The molecular weight excluding hydrogens is 312 g/mol. The fourth-order valence-corrected chi connectivity index (χ4v) is 0.394. The number of hydrogen-bond acceptors (Lipinski definition) is 2. The molecule has 0 saturated carbocycles. The second-order valence-electron chi connectivity index (χ2n) is 1.06. The van der Waals surface area contributed by atoms with E-state index in [2.05, 4.69) is 9.97 Å². The summed E-state index contributed by atoms with van der Waals surface area (Å²) in [4.78, 5) is 7.28. The van der Waals surface area contributed by atoms with E-state index in [1.54, 1.807) is 0 Å². The second-order valence-corrected chi connectivity index (χ2v) is 1.49. The Bertz CT molecular complexity index is 144. The van der Waals surface area contributed by atoms with Gasteiger partial charge in [0.15, 0.2) is 0 Å². The predicted octanol–water partition coefficient (Wildman–Crippen LogP) is 1.13. The Balaban J connectivity index is 0.000000490. The molecule has 0 saturated heterocycles. The van der Waals surface area contributed by atoms with Crippen molar-refractivity contribution in [3.8, 4) is 0 Å². The van der Waals surface area contributed by atoms with Crippen LogP contribution in [0.25, 0.3) is 0 Å². The average molecular weight is 315 g/mol. The maximum Gasteiger partial charge on any atom is 0.115 e. The molecule has 0 N–H and O–H groups in total. The van der Waals surface area contributed by atoms with Crippen LogP contribution in [0.15, 0.2) is 18.7 Å². The maximum absolute atomic E-state index is 5.41. The predicted molar refractivity (Wildman–Crippen MR) is 27.0 cm³/mol. The van der Waals surface area contributed by atoms with Gasteiger partial charge in [0.05, 0.1) is 5.02 Å². The van der Waals surface area contributed by atoms with Crippen molar-refractivity contribution in [1.29, 1.82) is 0 Å². The minimum Gasteiger partial charge on any atom is -0.243 e. The molecule has 0 unspecified atom stereocenters. The van der Waals surface area contributed by atoms with E-state index in [0.717, 1.165) is 0 Å². The van der Waals surface area contributed by atoms with Gasteiger partial charge in [-0.3, -0.25) is 0 Å². The van der Waals surface area contributed by atoms with Gasteiger partial charge < -0.3 is 0 Å². The van der Waals surface area contributed by atoms with Crippen molar-refractivity contribution < 1.29 is 27.7 Å². The van der Waals surface area contributed by atoms with Crippen LogP contribution in [0.4, 0.5) is 0 Å². The minimum atomic E-state index is 0. The fourth-order valence-electron chi connectivity index (χ4n) is 0.281. The van der Waals surface area contributed by atoms with Gasteiger partial charge in [-0.05, 0) is 0 Å². The molecule has 8 heavy (non-hydrogen) atoms. The van der Waals surface area contributed by atoms with Crippen LogP contribution in [0, 0.1) is 0 Å². The van der Waals surface area contributed by atoms with E-state index < -0.39 is 0 Å². The average Bonchev–Trinajstić information content (AvgIpc) is 1.69. The molecule has 1 aromatic rings. The van der Waals surface area contributed by atoms with Gasteiger partial charge >= 0.3 is 0 Å². The number of rotatable bonds is 0. The van der Waals surface area contributed by atoms with Crippen molar-refractivity contribution in [2.24, 2.45) is 0 Å². The molecule has 0 aliphatic heterocycles. The molecule has 0 fully saturated rings. The summed E-state index contributed by atoms with van der Waals surface area (Å²) >= 11 is 5.41. The minimum absolute atomic E-state index is 0. The smallest absolute Gasteiger partial charge is 0.115 e. The van der Waals surface area contributed by atoms with Crippen molar-refractivity contribution in [3.05, 3.63) is 23.7 Å². The Morgan fingerprint density at radius 2 is 1.75 bits per heavy atom. The molecule has 0 aliphatic rings. The van der Waals surface area contributed by atoms with Crippen LogP contribution in [0.3, 0.4) is 0 Å². The zero-order chi connectivity index (χ0) is 5.11. The number of halogens is 1. The molecule has 2 nitrogen and oxygen atoms in total. The van der Waals surface area contributed by atoms with Crippen molar-refractivity contribution in [2.75, 3.05) is 0 Å². The molecular formula is C4H3ClHgN2. The molecule has 0 atom stereocenters. The summed E-state index contributed by atoms with van der Waals surface area (Å²) in [5.74, 6) is 0. The summed E-state index contributed by atoms with van der Waals surface area (Å²) in [6.07, 6.45) is 4.51. The molecule has 1 aromatic heterocycles. The quantitative estimate of drug-likeness (QED) is 0.671. The van der Waals surface area contributed by atoms with Gasteiger partial charge in [-0.2, -0.15) is 0 Å². The largest absolute Gasteiger partial charge is 0.243 e.